The van der Waals surface area contributed by atoms with Crippen LogP contribution in [-0.2, 0) is 13.1 Å². The fraction of sp³-hybridized carbons (Fsp3) is 0.111. The molecule has 0 saturated heterocycles. The van der Waals surface area contributed by atoms with E-state index in [0.29, 0.717) is 0 Å². The Balaban J connectivity index is 0.883. The normalized spacial score (nSPS) is 14.2. The Kier molecular flexibility index (Phi) is 5.75. The molecule has 6 aromatic rings. The summed E-state index contributed by atoms with van der Waals surface area (Å²) in [5, 5.41) is 23.3. The number of benzene rings is 6. The Bertz CT molecular complexity index is 1660. The van der Waals surface area contributed by atoms with E-state index in [-0.39, 0.29) is 12.3 Å². The molecule has 0 aromatic heterocycles. The van der Waals surface area contributed by atoms with Crippen LogP contribution in [0.5, 0.6) is 0 Å². The van der Waals surface area contributed by atoms with Crippen LogP contribution >= 0.6 is 0 Å². The van der Waals surface area contributed by atoms with E-state index in [9.17, 15) is 0 Å². The Morgan fingerprint density at radius 3 is 1.10 bits per heavy atom. The topological polar surface area (TPSA) is 60.1 Å². The molecule has 0 aliphatic carbocycles. The van der Waals surface area contributed by atoms with E-state index in [1.54, 1.807) is 0 Å². The number of nitrogens with one attached hydrogen (secondary N) is 5. The van der Waals surface area contributed by atoms with Crippen molar-refractivity contribution in [2.24, 2.45) is 0 Å². The predicted octanol–water partition coefficient (Wildman–Crippen LogP) is 8.36. The van der Waals surface area contributed by atoms with E-state index in [2.05, 4.69) is 148 Å². The number of rotatable bonds is 6. The molecule has 0 saturated carbocycles. The lowest BCUT2D eigenvalue weighted by Crippen LogP contribution is -2.23. The van der Waals surface area contributed by atoms with Crippen LogP contribution in [-0.4, -0.2) is 0 Å². The number of hydrogen-bond donors (Lipinski definition) is 5. The second-order valence-corrected chi connectivity index (χ2v) is 10.9. The van der Waals surface area contributed by atoms with Gasteiger partial charge in [0, 0.05) is 46.6 Å². The summed E-state index contributed by atoms with van der Waals surface area (Å²) in [6.45, 7) is 1.64. The summed E-state index contributed by atoms with van der Waals surface area (Å²) in [5.41, 5.74) is 9.69. The van der Waals surface area contributed by atoms with Crippen molar-refractivity contribution in [3.8, 4) is 0 Å². The third-order valence-corrected chi connectivity index (χ3v) is 8.29. The minimum Gasteiger partial charge on any atom is -0.361 e. The predicted molar refractivity (Wildman–Crippen MR) is 171 cm³/mol. The maximum absolute atomic E-state index is 3.66. The molecule has 2 aliphatic rings. The molecule has 5 N–H and O–H groups in total. The molecular weight excluding hydrogens is 502 g/mol. The van der Waals surface area contributed by atoms with Crippen LogP contribution in [0.25, 0.3) is 21.5 Å². The molecule has 0 spiro atoms. The average molecular weight is 534 g/mol. The molecule has 5 nitrogen and oxygen atoms in total. The van der Waals surface area contributed by atoms with Gasteiger partial charge >= 0.3 is 0 Å². The van der Waals surface area contributed by atoms with Crippen LogP contribution in [0.1, 0.15) is 34.6 Å². The third kappa shape index (κ3) is 4.41. The van der Waals surface area contributed by atoms with E-state index >= 15 is 0 Å². The summed E-state index contributed by atoms with van der Waals surface area (Å²) in [7, 11) is 0. The second kappa shape index (κ2) is 9.88. The molecular formula is C36H31N5. The Labute approximate surface area is 239 Å². The van der Waals surface area contributed by atoms with Gasteiger partial charge in [-0.15, -0.1) is 0 Å². The van der Waals surface area contributed by atoms with Crippen molar-refractivity contribution < 1.29 is 0 Å². The van der Waals surface area contributed by atoms with Crippen LogP contribution in [0.2, 0.25) is 0 Å². The number of hydrogen-bond acceptors (Lipinski definition) is 5. The van der Waals surface area contributed by atoms with Crippen molar-refractivity contribution in [1.82, 2.24) is 5.32 Å². The zero-order valence-corrected chi connectivity index (χ0v) is 22.6. The van der Waals surface area contributed by atoms with E-state index in [1.807, 2.05) is 0 Å². The fourth-order valence-corrected chi connectivity index (χ4v) is 6.20. The van der Waals surface area contributed by atoms with Gasteiger partial charge in [0.15, 0.2) is 0 Å². The van der Waals surface area contributed by atoms with Crippen molar-refractivity contribution in [3.63, 3.8) is 0 Å². The Morgan fingerprint density at radius 2 is 0.756 bits per heavy atom. The fourth-order valence-electron chi connectivity index (χ4n) is 6.20. The molecule has 0 unspecified atom stereocenters. The maximum Gasteiger partial charge on any atom is 0.123 e. The molecule has 6 aromatic carbocycles. The highest BCUT2D eigenvalue weighted by Gasteiger charge is 2.21. The first-order valence-corrected chi connectivity index (χ1v) is 14.3. The first-order valence-electron chi connectivity index (χ1n) is 14.3. The van der Waals surface area contributed by atoms with E-state index < -0.39 is 0 Å². The molecule has 0 bridgehead atoms. The summed E-state index contributed by atoms with van der Waals surface area (Å²) < 4.78 is 0. The standard InChI is InChI=1S/C36H31N5/c1-5-25-6-2-10-30-33(25)29(9-1)38-35(39-30)27-17-13-23(14-18-27)21-37-22-24-15-19-28(20-16-24)36-40-31-11-3-7-26-8-4-12-32(41-36)34(26)31/h1-20,35-41H,21-22H2. The Hall–Kier alpha value is -5.00. The first-order chi connectivity index (χ1) is 20.3. The Morgan fingerprint density at radius 1 is 0.415 bits per heavy atom. The lowest BCUT2D eigenvalue weighted by atomic mass is 10.0. The van der Waals surface area contributed by atoms with Crippen molar-refractivity contribution >= 4 is 44.3 Å². The van der Waals surface area contributed by atoms with Gasteiger partial charge in [-0.05, 0) is 57.3 Å². The summed E-state index contributed by atoms with van der Waals surface area (Å²) in [5.74, 6) is 0. The van der Waals surface area contributed by atoms with Gasteiger partial charge in [-0.2, -0.15) is 0 Å². The van der Waals surface area contributed by atoms with E-state index in [1.165, 1.54) is 66.5 Å². The molecule has 0 amide bonds. The highest BCUT2D eigenvalue weighted by Crippen LogP contribution is 2.39. The van der Waals surface area contributed by atoms with Crippen molar-refractivity contribution in [2.75, 3.05) is 21.3 Å². The summed E-state index contributed by atoms with van der Waals surface area (Å²) in [4.78, 5) is 0. The van der Waals surface area contributed by atoms with E-state index in [0.717, 1.165) is 13.1 Å². The van der Waals surface area contributed by atoms with Crippen LogP contribution in [0.3, 0.4) is 0 Å². The van der Waals surface area contributed by atoms with Crippen LogP contribution in [0, 0.1) is 0 Å². The van der Waals surface area contributed by atoms with Gasteiger partial charge in [0.05, 0.1) is 0 Å². The number of anilines is 4. The smallest absolute Gasteiger partial charge is 0.123 e. The van der Waals surface area contributed by atoms with Crippen LogP contribution < -0.4 is 26.6 Å². The summed E-state index contributed by atoms with van der Waals surface area (Å²) in [6, 6.07) is 43.5. The highest BCUT2D eigenvalue weighted by atomic mass is 15.2. The molecule has 0 atom stereocenters. The van der Waals surface area contributed by atoms with Gasteiger partial charge in [-0.3, -0.25) is 0 Å². The van der Waals surface area contributed by atoms with Crippen molar-refractivity contribution in [1.29, 1.82) is 0 Å². The van der Waals surface area contributed by atoms with Gasteiger partial charge in [-0.25, -0.2) is 0 Å². The van der Waals surface area contributed by atoms with Gasteiger partial charge in [-0.1, -0.05) is 97.1 Å². The highest BCUT2D eigenvalue weighted by molar-refractivity contribution is 6.05. The SMILES string of the molecule is c1cc2c3c(cccc3c1)NC(c1ccc(CNCc3ccc(C4Nc5cccc6cccc(c56)N4)cc3)cc1)N2. The van der Waals surface area contributed by atoms with Gasteiger partial charge in [0.25, 0.3) is 0 Å². The van der Waals surface area contributed by atoms with E-state index in [4.69, 9.17) is 0 Å². The molecule has 200 valence electrons. The first kappa shape index (κ1) is 23.9. The molecule has 2 aliphatic heterocycles. The monoisotopic (exact) mass is 533 g/mol. The minimum absolute atomic E-state index is 0.0468. The minimum atomic E-state index is 0.0468. The zero-order chi connectivity index (χ0) is 27.2. The summed E-state index contributed by atoms with van der Waals surface area (Å²) >= 11 is 0. The lowest BCUT2D eigenvalue weighted by molar-refractivity contribution is 0.692. The van der Waals surface area contributed by atoms with Gasteiger partial charge < -0.3 is 26.6 Å². The van der Waals surface area contributed by atoms with Crippen LogP contribution in [0.15, 0.2) is 121 Å². The molecule has 5 heteroatoms. The maximum atomic E-state index is 3.66. The largest absolute Gasteiger partial charge is 0.361 e. The second-order valence-electron chi connectivity index (χ2n) is 10.9. The third-order valence-electron chi connectivity index (χ3n) is 8.29. The quantitative estimate of drug-likeness (QED) is 0.149. The van der Waals surface area contributed by atoms with Gasteiger partial charge in [0.1, 0.15) is 12.3 Å². The van der Waals surface area contributed by atoms with Crippen LogP contribution in [0.4, 0.5) is 22.7 Å². The lowest BCUT2D eigenvalue weighted by Gasteiger charge is -2.30. The molecule has 2 heterocycles. The van der Waals surface area contributed by atoms with Gasteiger partial charge in [0.2, 0.25) is 0 Å². The van der Waals surface area contributed by atoms with Crippen molar-refractivity contribution in [3.05, 3.63) is 144 Å². The molecule has 41 heavy (non-hydrogen) atoms. The van der Waals surface area contributed by atoms with Crippen molar-refractivity contribution in [2.45, 2.75) is 25.4 Å². The molecule has 0 fully saturated rings. The molecule has 0 radical (unpaired) electrons. The molecule has 8 rings (SSSR count). The average Bonchev–Trinajstić information content (AvgIpc) is 3.02. The zero-order valence-electron chi connectivity index (χ0n) is 22.6. The summed E-state index contributed by atoms with van der Waals surface area (Å²) in [6.07, 6.45) is 0.0936.